The number of hydrogen-bond donors (Lipinski definition) is 1. The molecule has 20 heavy (non-hydrogen) atoms. The molecule has 1 unspecified atom stereocenters. The summed E-state index contributed by atoms with van der Waals surface area (Å²) in [4.78, 5) is 2.27. The van der Waals surface area contributed by atoms with E-state index in [0.717, 1.165) is 24.1 Å². The van der Waals surface area contributed by atoms with Crippen LogP contribution in [0.25, 0.3) is 0 Å². The van der Waals surface area contributed by atoms with E-state index in [1.54, 1.807) is 0 Å². The molecular weight excluding hydrogens is 270 g/mol. The topological polar surface area (TPSA) is 23.5 Å². The Hall–Kier alpha value is -1.51. The van der Waals surface area contributed by atoms with Crippen LogP contribution in [0, 0.1) is 0 Å². The fraction of sp³-hybridized carbons (Fsp3) is 0.294. The third kappa shape index (κ3) is 2.54. The zero-order valence-corrected chi connectivity index (χ0v) is 12.3. The molecule has 2 aromatic carbocycles. The van der Waals surface area contributed by atoms with Gasteiger partial charge in [0.05, 0.1) is 0 Å². The summed E-state index contributed by atoms with van der Waals surface area (Å²) >= 11 is 5.99. The monoisotopic (exact) mass is 287 g/mol. The van der Waals surface area contributed by atoms with Gasteiger partial charge in [-0.05, 0) is 47.7 Å². The molecule has 0 fully saturated rings. The first-order valence-corrected chi connectivity index (χ1v) is 7.30. The lowest BCUT2D eigenvalue weighted by Gasteiger charge is -2.28. The molecule has 2 nitrogen and oxygen atoms in total. The number of halogens is 1. The van der Waals surface area contributed by atoms with Crippen LogP contribution in [0.5, 0.6) is 0 Å². The molecule has 1 aliphatic heterocycles. The second-order valence-electron chi connectivity index (χ2n) is 5.37. The maximum atomic E-state index is 10.5. The molecule has 0 saturated carbocycles. The van der Waals surface area contributed by atoms with E-state index < -0.39 is 6.10 Å². The van der Waals surface area contributed by atoms with Gasteiger partial charge in [-0.25, -0.2) is 0 Å². The molecular formula is C17H18ClNO. The van der Waals surface area contributed by atoms with Crippen molar-refractivity contribution in [2.24, 2.45) is 0 Å². The van der Waals surface area contributed by atoms with Crippen LogP contribution >= 0.6 is 11.6 Å². The Bertz CT molecular complexity index is 626. The van der Waals surface area contributed by atoms with E-state index in [0.29, 0.717) is 5.02 Å². The van der Waals surface area contributed by atoms with Crippen molar-refractivity contribution in [1.29, 1.82) is 0 Å². The molecule has 3 rings (SSSR count). The Kier molecular flexibility index (Phi) is 3.68. The van der Waals surface area contributed by atoms with Crippen LogP contribution in [0.1, 0.15) is 29.2 Å². The normalized spacial score (nSPS) is 15.8. The van der Waals surface area contributed by atoms with Crippen molar-refractivity contribution in [3.8, 4) is 0 Å². The van der Waals surface area contributed by atoms with E-state index in [9.17, 15) is 5.11 Å². The van der Waals surface area contributed by atoms with Gasteiger partial charge < -0.3 is 10.0 Å². The van der Waals surface area contributed by atoms with Crippen LogP contribution in [0.3, 0.4) is 0 Å². The van der Waals surface area contributed by atoms with Crippen molar-refractivity contribution in [1.82, 2.24) is 0 Å². The molecule has 104 valence electrons. The quantitative estimate of drug-likeness (QED) is 0.908. The van der Waals surface area contributed by atoms with Crippen LogP contribution < -0.4 is 4.90 Å². The van der Waals surface area contributed by atoms with E-state index in [4.69, 9.17) is 11.6 Å². The van der Waals surface area contributed by atoms with E-state index in [1.165, 1.54) is 17.7 Å². The van der Waals surface area contributed by atoms with E-state index in [1.807, 2.05) is 30.3 Å². The molecule has 2 aromatic rings. The molecule has 1 N–H and O–H groups in total. The van der Waals surface area contributed by atoms with Gasteiger partial charge in [0.1, 0.15) is 6.10 Å². The highest BCUT2D eigenvalue weighted by molar-refractivity contribution is 6.30. The summed E-state index contributed by atoms with van der Waals surface area (Å²) in [6, 6.07) is 13.6. The largest absolute Gasteiger partial charge is 0.384 e. The molecule has 0 aromatic heterocycles. The number of hydrogen-bond acceptors (Lipinski definition) is 2. The molecule has 3 heteroatoms. The van der Waals surface area contributed by atoms with E-state index in [2.05, 4.69) is 24.1 Å². The summed E-state index contributed by atoms with van der Waals surface area (Å²) < 4.78 is 0. The van der Waals surface area contributed by atoms with Gasteiger partial charge in [0, 0.05) is 24.3 Å². The minimum atomic E-state index is -0.619. The summed E-state index contributed by atoms with van der Waals surface area (Å²) in [5, 5.41) is 11.2. The van der Waals surface area contributed by atoms with Crippen molar-refractivity contribution in [2.75, 3.05) is 18.5 Å². The number of rotatable bonds is 2. The van der Waals surface area contributed by atoms with Crippen molar-refractivity contribution in [3.05, 3.63) is 64.2 Å². The zero-order chi connectivity index (χ0) is 14.1. The van der Waals surface area contributed by atoms with Crippen LogP contribution in [0.2, 0.25) is 5.02 Å². The number of anilines is 1. The number of nitrogens with zero attached hydrogens (tertiary/aromatic N) is 1. The average Bonchev–Trinajstić information content (AvgIpc) is 2.46. The lowest BCUT2D eigenvalue weighted by Crippen LogP contribution is -2.24. The number of benzene rings is 2. The van der Waals surface area contributed by atoms with Crippen molar-refractivity contribution in [3.63, 3.8) is 0 Å². The average molecular weight is 288 g/mol. The predicted octanol–water partition coefficient (Wildman–Crippen LogP) is 3.80. The smallest absolute Gasteiger partial charge is 0.104 e. The maximum absolute atomic E-state index is 10.5. The number of aryl methyl sites for hydroxylation is 1. The van der Waals surface area contributed by atoms with Gasteiger partial charge in [0.25, 0.3) is 0 Å². The molecule has 0 aliphatic carbocycles. The highest BCUT2D eigenvalue weighted by Crippen LogP contribution is 2.31. The molecule has 1 aliphatic rings. The summed E-state index contributed by atoms with van der Waals surface area (Å²) in [7, 11) is 2.12. The van der Waals surface area contributed by atoms with Gasteiger partial charge in [-0.15, -0.1) is 0 Å². The van der Waals surface area contributed by atoms with Crippen LogP contribution in [0.4, 0.5) is 5.69 Å². The molecule has 1 heterocycles. The van der Waals surface area contributed by atoms with Gasteiger partial charge >= 0.3 is 0 Å². The second kappa shape index (κ2) is 5.47. The number of fused-ring (bicyclic) bond motifs is 1. The Balaban J connectivity index is 1.94. The fourth-order valence-electron chi connectivity index (χ4n) is 2.84. The molecule has 0 spiro atoms. The minimum absolute atomic E-state index is 0.619. The van der Waals surface area contributed by atoms with E-state index in [-0.39, 0.29) is 0 Å². The lowest BCUT2D eigenvalue weighted by molar-refractivity contribution is 0.220. The first-order chi connectivity index (χ1) is 9.65. The van der Waals surface area contributed by atoms with Crippen LogP contribution in [0.15, 0.2) is 42.5 Å². The van der Waals surface area contributed by atoms with Gasteiger partial charge in [0.15, 0.2) is 0 Å². The summed E-state index contributed by atoms with van der Waals surface area (Å²) in [6.45, 7) is 1.10. The summed E-state index contributed by atoms with van der Waals surface area (Å²) in [5.74, 6) is 0. The SMILES string of the molecule is CN1CCCc2cc(C(O)c3cccc(Cl)c3)ccc21. The molecule has 0 bridgehead atoms. The molecule has 0 saturated heterocycles. The Morgan fingerprint density at radius 1 is 1.15 bits per heavy atom. The van der Waals surface area contributed by atoms with Gasteiger partial charge in [-0.3, -0.25) is 0 Å². The Morgan fingerprint density at radius 2 is 1.95 bits per heavy atom. The molecule has 0 radical (unpaired) electrons. The second-order valence-corrected chi connectivity index (χ2v) is 5.81. The summed E-state index contributed by atoms with van der Waals surface area (Å²) in [5.41, 5.74) is 4.36. The first-order valence-electron chi connectivity index (χ1n) is 6.92. The van der Waals surface area contributed by atoms with Gasteiger partial charge in [-0.1, -0.05) is 35.9 Å². The van der Waals surface area contributed by atoms with Crippen molar-refractivity contribution in [2.45, 2.75) is 18.9 Å². The zero-order valence-electron chi connectivity index (χ0n) is 11.5. The standard InChI is InChI=1S/C17H18ClNO/c1-19-9-3-5-12-10-14(7-8-16(12)19)17(20)13-4-2-6-15(18)11-13/h2,4,6-8,10-11,17,20H,3,5,9H2,1H3. The maximum Gasteiger partial charge on any atom is 0.104 e. The first kappa shape index (κ1) is 13.5. The highest BCUT2D eigenvalue weighted by atomic mass is 35.5. The van der Waals surface area contributed by atoms with Crippen LogP contribution in [-0.4, -0.2) is 18.7 Å². The van der Waals surface area contributed by atoms with Crippen molar-refractivity contribution >= 4 is 17.3 Å². The lowest BCUT2D eigenvalue weighted by atomic mass is 9.95. The Labute approximate surface area is 124 Å². The fourth-order valence-corrected chi connectivity index (χ4v) is 3.04. The summed E-state index contributed by atoms with van der Waals surface area (Å²) in [6.07, 6.45) is 1.63. The highest BCUT2D eigenvalue weighted by Gasteiger charge is 2.17. The van der Waals surface area contributed by atoms with E-state index >= 15 is 0 Å². The van der Waals surface area contributed by atoms with Crippen LogP contribution in [-0.2, 0) is 6.42 Å². The third-order valence-electron chi connectivity index (χ3n) is 3.93. The molecule has 0 amide bonds. The van der Waals surface area contributed by atoms with Crippen molar-refractivity contribution < 1.29 is 5.11 Å². The number of aliphatic hydroxyl groups is 1. The van der Waals surface area contributed by atoms with Gasteiger partial charge in [-0.2, -0.15) is 0 Å². The van der Waals surface area contributed by atoms with Gasteiger partial charge in [0.2, 0.25) is 0 Å². The predicted molar refractivity (Wildman–Crippen MR) is 83.5 cm³/mol. The number of aliphatic hydroxyl groups excluding tert-OH is 1. The Morgan fingerprint density at radius 3 is 2.75 bits per heavy atom. The minimum Gasteiger partial charge on any atom is -0.384 e. The third-order valence-corrected chi connectivity index (χ3v) is 4.17. The molecule has 1 atom stereocenters.